The van der Waals surface area contributed by atoms with E-state index in [0.29, 0.717) is 12.6 Å². The number of rotatable bonds is 5. The Labute approximate surface area is 128 Å². The van der Waals surface area contributed by atoms with E-state index in [1.807, 2.05) is 48.0 Å². The second kappa shape index (κ2) is 6.36. The van der Waals surface area contributed by atoms with Crippen LogP contribution in [0.1, 0.15) is 5.82 Å². The Balaban J connectivity index is 1.88. The van der Waals surface area contributed by atoms with E-state index in [4.69, 9.17) is 4.74 Å². The summed E-state index contributed by atoms with van der Waals surface area (Å²) in [6, 6.07) is 11.7. The van der Waals surface area contributed by atoms with E-state index in [9.17, 15) is 0 Å². The second-order valence-corrected chi connectivity index (χ2v) is 4.81. The minimum atomic E-state index is 0.469. The van der Waals surface area contributed by atoms with Crippen LogP contribution >= 0.6 is 0 Å². The van der Waals surface area contributed by atoms with Crippen molar-refractivity contribution in [3.05, 3.63) is 54.6 Å². The summed E-state index contributed by atoms with van der Waals surface area (Å²) in [6.07, 6.45) is 3.53. The molecule has 0 amide bonds. The highest BCUT2D eigenvalue weighted by molar-refractivity contribution is 5.59. The van der Waals surface area contributed by atoms with E-state index in [1.54, 1.807) is 19.5 Å². The van der Waals surface area contributed by atoms with Gasteiger partial charge < -0.3 is 14.6 Å². The van der Waals surface area contributed by atoms with Gasteiger partial charge in [0, 0.05) is 26.0 Å². The largest absolute Gasteiger partial charge is 0.377 e. The van der Waals surface area contributed by atoms with Gasteiger partial charge in [-0.3, -0.25) is 0 Å². The van der Waals surface area contributed by atoms with Crippen LogP contribution in [0.25, 0.3) is 11.4 Å². The maximum absolute atomic E-state index is 5.13. The average molecular weight is 295 g/mol. The van der Waals surface area contributed by atoms with E-state index in [1.165, 1.54) is 0 Å². The first-order valence-electron chi connectivity index (χ1n) is 6.93. The van der Waals surface area contributed by atoms with Gasteiger partial charge in [0.05, 0.1) is 17.6 Å². The third-order valence-corrected chi connectivity index (χ3v) is 3.31. The molecule has 0 atom stereocenters. The van der Waals surface area contributed by atoms with Crippen molar-refractivity contribution in [2.45, 2.75) is 6.61 Å². The van der Waals surface area contributed by atoms with Crippen molar-refractivity contribution >= 4 is 11.6 Å². The molecule has 112 valence electrons. The van der Waals surface area contributed by atoms with Gasteiger partial charge >= 0.3 is 0 Å². The molecule has 22 heavy (non-hydrogen) atoms. The molecule has 6 nitrogen and oxygen atoms in total. The number of nitrogens with one attached hydrogen (secondary N) is 1. The van der Waals surface area contributed by atoms with Gasteiger partial charge in [-0.05, 0) is 18.2 Å². The predicted octanol–water partition coefficient (Wildman–Crippen LogP) is 2.77. The zero-order valence-electron chi connectivity index (χ0n) is 12.5. The molecule has 2 aromatic heterocycles. The highest BCUT2D eigenvalue weighted by atomic mass is 16.5. The molecule has 0 unspecified atom stereocenters. The lowest BCUT2D eigenvalue weighted by Crippen LogP contribution is -2.03. The van der Waals surface area contributed by atoms with Gasteiger partial charge in [0.15, 0.2) is 0 Å². The maximum Gasteiger partial charge on any atom is 0.227 e. The lowest BCUT2D eigenvalue weighted by atomic mass is 10.3. The van der Waals surface area contributed by atoms with E-state index in [-0.39, 0.29) is 0 Å². The minimum absolute atomic E-state index is 0.469. The first-order valence-corrected chi connectivity index (χ1v) is 6.93. The summed E-state index contributed by atoms with van der Waals surface area (Å²) in [7, 11) is 3.60. The van der Waals surface area contributed by atoms with Crippen LogP contribution < -0.4 is 5.32 Å². The molecule has 1 N–H and O–H groups in total. The zero-order chi connectivity index (χ0) is 15.4. The average Bonchev–Trinajstić information content (AvgIpc) is 2.90. The van der Waals surface area contributed by atoms with E-state index in [0.717, 1.165) is 22.9 Å². The fourth-order valence-corrected chi connectivity index (χ4v) is 2.16. The molecule has 6 heteroatoms. The number of benzene rings is 1. The van der Waals surface area contributed by atoms with Crippen molar-refractivity contribution in [3.63, 3.8) is 0 Å². The molecule has 0 bridgehead atoms. The van der Waals surface area contributed by atoms with Crippen LogP contribution in [0, 0.1) is 0 Å². The van der Waals surface area contributed by atoms with Crippen molar-refractivity contribution in [1.82, 2.24) is 19.5 Å². The Morgan fingerprint density at radius 2 is 1.95 bits per heavy atom. The lowest BCUT2D eigenvalue weighted by Gasteiger charge is -2.07. The Hall–Kier alpha value is -2.73. The van der Waals surface area contributed by atoms with Crippen LogP contribution in [0.4, 0.5) is 11.6 Å². The van der Waals surface area contributed by atoms with Crippen molar-refractivity contribution < 1.29 is 4.74 Å². The molecular weight excluding hydrogens is 278 g/mol. The van der Waals surface area contributed by atoms with Crippen molar-refractivity contribution in [1.29, 1.82) is 0 Å². The molecule has 0 aliphatic carbocycles. The fraction of sp³-hybridized carbons (Fsp3) is 0.188. The predicted molar refractivity (Wildman–Crippen MR) is 84.7 cm³/mol. The molecule has 3 aromatic rings. The quantitative estimate of drug-likeness (QED) is 0.784. The molecule has 0 radical (unpaired) electrons. The fourth-order valence-electron chi connectivity index (χ4n) is 2.16. The number of methoxy groups -OCH3 is 1. The monoisotopic (exact) mass is 295 g/mol. The second-order valence-electron chi connectivity index (χ2n) is 4.81. The molecule has 0 fully saturated rings. The minimum Gasteiger partial charge on any atom is -0.377 e. The highest BCUT2D eigenvalue weighted by Gasteiger charge is 2.10. The number of nitrogens with zero attached hydrogens (tertiary/aromatic N) is 4. The first-order chi connectivity index (χ1) is 10.8. The lowest BCUT2D eigenvalue weighted by molar-refractivity contribution is 0.175. The number of hydrogen-bond acceptors (Lipinski definition) is 5. The van der Waals surface area contributed by atoms with Gasteiger partial charge in [-0.2, -0.15) is 0 Å². The van der Waals surface area contributed by atoms with Crippen molar-refractivity contribution in [2.24, 2.45) is 7.05 Å². The zero-order valence-corrected chi connectivity index (χ0v) is 12.5. The third-order valence-electron chi connectivity index (χ3n) is 3.31. The van der Waals surface area contributed by atoms with Crippen molar-refractivity contribution in [2.75, 3.05) is 12.4 Å². The van der Waals surface area contributed by atoms with E-state index < -0.39 is 0 Å². The number of anilines is 2. The SMILES string of the molecule is COCc1ncc(-c2ccnc(Nc3ccccc3)n2)n1C. The highest BCUT2D eigenvalue weighted by Crippen LogP contribution is 2.20. The number of para-hydroxylation sites is 1. The van der Waals surface area contributed by atoms with Crippen LogP contribution in [-0.2, 0) is 18.4 Å². The van der Waals surface area contributed by atoms with Crippen molar-refractivity contribution in [3.8, 4) is 11.4 Å². The molecule has 0 aliphatic rings. The normalized spacial score (nSPS) is 10.6. The maximum atomic E-state index is 5.13. The van der Waals surface area contributed by atoms with Crippen LogP contribution in [0.2, 0.25) is 0 Å². The number of aromatic nitrogens is 4. The summed E-state index contributed by atoms with van der Waals surface area (Å²) in [6.45, 7) is 0.469. The summed E-state index contributed by atoms with van der Waals surface area (Å²) in [5, 5.41) is 3.19. The molecule has 0 aliphatic heterocycles. The van der Waals surface area contributed by atoms with Gasteiger partial charge in [-0.25, -0.2) is 15.0 Å². The molecule has 0 saturated heterocycles. The topological polar surface area (TPSA) is 64.9 Å². The smallest absolute Gasteiger partial charge is 0.227 e. The van der Waals surface area contributed by atoms with E-state index in [2.05, 4.69) is 20.3 Å². The van der Waals surface area contributed by atoms with Gasteiger partial charge in [0.25, 0.3) is 0 Å². The molecule has 0 saturated carbocycles. The first kappa shape index (κ1) is 14.2. The van der Waals surface area contributed by atoms with Crippen LogP contribution in [0.15, 0.2) is 48.8 Å². The van der Waals surface area contributed by atoms with E-state index >= 15 is 0 Å². The molecule has 3 rings (SSSR count). The number of imidazole rings is 1. The molecule has 0 spiro atoms. The Morgan fingerprint density at radius 1 is 1.14 bits per heavy atom. The van der Waals surface area contributed by atoms with Gasteiger partial charge in [-0.1, -0.05) is 18.2 Å². The third kappa shape index (κ3) is 2.96. The van der Waals surface area contributed by atoms with Crippen LogP contribution in [-0.4, -0.2) is 26.6 Å². The Bertz CT molecular complexity index is 754. The molecule has 2 heterocycles. The molecule has 1 aromatic carbocycles. The molecular formula is C16H17N5O. The summed E-state index contributed by atoms with van der Waals surface area (Å²) < 4.78 is 7.10. The Kier molecular flexibility index (Phi) is 4.11. The van der Waals surface area contributed by atoms with Gasteiger partial charge in [-0.15, -0.1) is 0 Å². The Morgan fingerprint density at radius 3 is 2.73 bits per heavy atom. The summed E-state index contributed by atoms with van der Waals surface area (Å²) >= 11 is 0. The summed E-state index contributed by atoms with van der Waals surface area (Å²) in [5.41, 5.74) is 2.68. The number of ether oxygens (including phenoxy) is 1. The standard InChI is InChI=1S/C16H17N5O/c1-21-14(10-18-15(21)11-22-2)13-8-9-17-16(20-13)19-12-6-4-3-5-7-12/h3-10H,11H2,1-2H3,(H,17,19,20). The van der Waals surface area contributed by atoms with Crippen LogP contribution in [0.3, 0.4) is 0 Å². The number of hydrogen-bond donors (Lipinski definition) is 1. The summed E-state index contributed by atoms with van der Waals surface area (Å²) in [5.74, 6) is 1.41. The van der Waals surface area contributed by atoms with Gasteiger partial charge in [0.2, 0.25) is 5.95 Å². The van der Waals surface area contributed by atoms with Crippen LogP contribution in [0.5, 0.6) is 0 Å². The van der Waals surface area contributed by atoms with Gasteiger partial charge in [0.1, 0.15) is 12.4 Å². The summed E-state index contributed by atoms with van der Waals surface area (Å²) in [4.78, 5) is 13.2.